The van der Waals surface area contributed by atoms with Gasteiger partial charge in [-0.3, -0.25) is 9.59 Å². The maximum absolute atomic E-state index is 12.9. The standard InChI is InChI=1S/C25H21N5O5/c31-18-8-17-7-15(3-6-20(17)35-12-18)10-28-24(32)23-22-21(29-13-30-23)19(11-27-22)26-9-14-1-4-16(5-2-14)25(33)34/h1-7,11,13,26-27H,8-10,12H2,(H,28,32)(H,33,34). The first-order chi connectivity index (χ1) is 17.0. The Kier molecular flexibility index (Phi) is 5.84. The normalized spacial score (nSPS) is 12.6. The van der Waals surface area contributed by atoms with E-state index in [1.807, 2.05) is 18.2 Å². The van der Waals surface area contributed by atoms with Gasteiger partial charge in [-0.2, -0.15) is 0 Å². The van der Waals surface area contributed by atoms with Gasteiger partial charge in [0.05, 0.1) is 16.8 Å². The maximum Gasteiger partial charge on any atom is 0.335 e. The number of hydrogen-bond acceptors (Lipinski definition) is 7. The molecule has 4 aromatic rings. The van der Waals surface area contributed by atoms with E-state index in [9.17, 15) is 14.4 Å². The van der Waals surface area contributed by atoms with E-state index in [-0.39, 0.29) is 36.1 Å². The third-order valence-electron chi connectivity index (χ3n) is 5.72. The second kappa shape index (κ2) is 9.26. The first kappa shape index (κ1) is 22.1. The molecule has 0 radical (unpaired) electrons. The molecular formula is C25H21N5O5. The number of aromatic carboxylic acids is 1. The Labute approximate surface area is 199 Å². The Balaban J connectivity index is 1.27. The van der Waals surface area contributed by atoms with Crippen molar-refractivity contribution in [3.05, 3.63) is 82.9 Å². The van der Waals surface area contributed by atoms with E-state index < -0.39 is 5.97 Å². The van der Waals surface area contributed by atoms with Crippen LogP contribution in [0.25, 0.3) is 11.0 Å². The second-order valence-corrected chi connectivity index (χ2v) is 8.13. The molecular weight excluding hydrogens is 450 g/mol. The Bertz CT molecular complexity index is 1440. The first-order valence-corrected chi connectivity index (χ1v) is 10.9. The van der Waals surface area contributed by atoms with Gasteiger partial charge in [-0.1, -0.05) is 18.2 Å². The van der Waals surface area contributed by atoms with E-state index in [0.29, 0.717) is 35.4 Å². The van der Waals surface area contributed by atoms with Crippen LogP contribution in [0.1, 0.15) is 37.5 Å². The molecule has 2 aromatic carbocycles. The summed E-state index contributed by atoms with van der Waals surface area (Å²) in [6.07, 6.45) is 3.37. The van der Waals surface area contributed by atoms with Gasteiger partial charge in [-0.15, -0.1) is 0 Å². The molecule has 10 heteroatoms. The van der Waals surface area contributed by atoms with Crippen molar-refractivity contribution in [2.24, 2.45) is 0 Å². The number of carboxylic acid groups (broad SMARTS) is 1. The summed E-state index contributed by atoms with van der Waals surface area (Å²) in [5.74, 6) is -0.614. The lowest BCUT2D eigenvalue weighted by atomic mass is 10.0. The summed E-state index contributed by atoms with van der Waals surface area (Å²) in [7, 11) is 0. The van der Waals surface area contributed by atoms with Gasteiger partial charge in [0.2, 0.25) is 0 Å². The zero-order valence-electron chi connectivity index (χ0n) is 18.5. The number of Topliss-reactive ketones (excluding diaryl/α,β-unsaturated/α-hetero) is 1. The van der Waals surface area contributed by atoms with Crippen molar-refractivity contribution in [1.29, 1.82) is 0 Å². The Hall–Kier alpha value is -4.73. The van der Waals surface area contributed by atoms with E-state index in [4.69, 9.17) is 9.84 Å². The van der Waals surface area contributed by atoms with Crippen LogP contribution in [0.5, 0.6) is 5.75 Å². The molecule has 2 aromatic heterocycles. The molecule has 1 aliphatic rings. The number of carbonyl (C=O) groups is 3. The van der Waals surface area contributed by atoms with E-state index in [0.717, 1.165) is 16.7 Å². The number of carboxylic acids is 1. The number of ether oxygens (including phenoxy) is 1. The van der Waals surface area contributed by atoms with Crippen molar-refractivity contribution >= 4 is 34.4 Å². The minimum atomic E-state index is -0.973. The molecule has 3 heterocycles. The highest BCUT2D eigenvalue weighted by Crippen LogP contribution is 2.25. The number of hydrogen-bond donors (Lipinski definition) is 4. The van der Waals surface area contributed by atoms with Crippen LogP contribution in [0.15, 0.2) is 55.0 Å². The van der Waals surface area contributed by atoms with Crippen molar-refractivity contribution < 1.29 is 24.2 Å². The SMILES string of the molecule is O=C1COc2ccc(CNC(=O)c3ncnc4c(NCc5ccc(C(=O)O)cc5)c[nH]c34)cc2C1. The highest BCUT2D eigenvalue weighted by molar-refractivity contribution is 6.05. The summed E-state index contributed by atoms with van der Waals surface area (Å²) in [6.45, 7) is 0.809. The molecule has 10 nitrogen and oxygen atoms in total. The zero-order valence-corrected chi connectivity index (χ0v) is 18.5. The molecule has 0 bridgehead atoms. The Morgan fingerprint density at radius 3 is 2.66 bits per heavy atom. The molecule has 0 saturated heterocycles. The molecule has 0 fully saturated rings. The number of fused-ring (bicyclic) bond motifs is 2. The fraction of sp³-hybridized carbons (Fsp3) is 0.160. The molecule has 5 rings (SSSR count). The number of nitrogens with zero attached hydrogens (tertiary/aromatic N) is 2. The van der Waals surface area contributed by atoms with Crippen molar-refractivity contribution in [1.82, 2.24) is 20.3 Å². The van der Waals surface area contributed by atoms with Crippen molar-refractivity contribution in [2.45, 2.75) is 19.5 Å². The third-order valence-corrected chi connectivity index (χ3v) is 5.72. The van der Waals surface area contributed by atoms with Crippen LogP contribution >= 0.6 is 0 Å². The lowest BCUT2D eigenvalue weighted by molar-refractivity contribution is -0.121. The van der Waals surface area contributed by atoms with Crippen LogP contribution < -0.4 is 15.4 Å². The molecule has 0 atom stereocenters. The van der Waals surface area contributed by atoms with Gasteiger partial charge in [0, 0.05) is 31.3 Å². The molecule has 4 N–H and O–H groups in total. The van der Waals surface area contributed by atoms with Gasteiger partial charge >= 0.3 is 5.97 Å². The summed E-state index contributed by atoms with van der Waals surface area (Å²) in [5.41, 5.74) is 4.76. The van der Waals surface area contributed by atoms with Crippen LogP contribution in [0.4, 0.5) is 5.69 Å². The topological polar surface area (TPSA) is 146 Å². The number of ketones is 1. The second-order valence-electron chi connectivity index (χ2n) is 8.13. The van der Waals surface area contributed by atoms with Crippen LogP contribution in [0, 0.1) is 0 Å². The average molecular weight is 471 g/mol. The van der Waals surface area contributed by atoms with Gasteiger partial charge in [-0.25, -0.2) is 14.8 Å². The number of amides is 1. The maximum atomic E-state index is 12.9. The summed E-state index contributed by atoms with van der Waals surface area (Å²) < 4.78 is 5.41. The average Bonchev–Trinajstić information content (AvgIpc) is 3.29. The number of anilines is 1. The number of nitrogens with one attached hydrogen (secondary N) is 3. The summed E-state index contributed by atoms with van der Waals surface area (Å²) in [5, 5.41) is 15.1. The number of aromatic amines is 1. The van der Waals surface area contributed by atoms with Gasteiger partial charge in [0.25, 0.3) is 5.91 Å². The number of aromatic nitrogens is 3. The molecule has 176 valence electrons. The molecule has 0 unspecified atom stereocenters. The molecule has 1 aliphatic heterocycles. The summed E-state index contributed by atoms with van der Waals surface area (Å²) >= 11 is 0. The number of rotatable bonds is 7. The van der Waals surface area contributed by atoms with Gasteiger partial charge in [0.1, 0.15) is 24.2 Å². The van der Waals surface area contributed by atoms with Gasteiger partial charge in [0.15, 0.2) is 11.5 Å². The summed E-state index contributed by atoms with van der Waals surface area (Å²) in [4.78, 5) is 47.0. The highest BCUT2D eigenvalue weighted by Gasteiger charge is 2.19. The number of H-pyrrole nitrogens is 1. The quantitative estimate of drug-likeness (QED) is 0.322. The van der Waals surface area contributed by atoms with Crippen molar-refractivity contribution in [3.8, 4) is 5.75 Å². The summed E-state index contributed by atoms with van der Waals surface area (Å²) in [6, 6.07) is 12.1. The first-order valence-electron chi connectivity index (χ1n) is 10.9. The van der Waals surface area contributed by atoms with E-state index >= 15 is 0 Å². The van der Waals surface area contributed by atoms with Gasteiger partial charge in [-0.05, 0) is 35.4 Å². The predicted octanol–water partition coefficient (Wildman–Crippen LogP) is 2.70. The lowest BCUT2D eigenvalue weighted by Gasteiger charge is -2.17. The molecule has 1 amide bonds. The van der Waals surface area contributed by atoms with Crippen LogP contribution in [0.2, 0.25) is 0 Å². The monoisotopic (exact) mass is 471 g/mol. The van der Waals surface area contributed by atoms with Crippen LogP contribution in [-0.2, 0) is 24.3 Å². The molecule has 0 spiro atoms. The van der Waals surface area contributed by atoms with E-state index in [2.05, 4.69) is 25.6 Å². The number of benzene rings is 2. The molecule has 35 heavy (non-hydrogen) atoms. The van der Waals surface area contributed by atoms with Crippen LogP contribution in [-0.4, -0.2) is 44.3 Å². The minimum absolute atomic E-state index is 0.0236. The highest BCUT2D eigenvalue weighted by atomic mass is 16.5. The number of carbonyl (C=O) groups excluding carboxylic acids is 2. The minimum Gasteiger partial charge on any atom is -0.486 e. The fourth-order valence-corrected chi connectivity index (χ4v) is 3.92. The molecule has 0 aliphatic carbocycles. The van der Waals surface area contributed by atoms with Crippen LogP contribution in [0.3, 0.4) is 0 Å². The van der Waals surface area contributed by atoms with Crippen molar-refractivity contribution in [3.63, 3.8) is 0 Å². The predicted molar refractivity (Wildman–Crippen MR) is 126 cm³/mol. The largest absolute Gasteiger partial charge is 0.486 e. The Morgan fingerprint density at radius 1 is 1.06 bits per heavy atom. The van der Waals surface area contributed by atoms with Gasteiger partial charge < -0.3 is 25.5 Å². The van der Waals surface area contributed by atoms with E-state index in [1.165, 1.54) is 6.33 Å². The molecule has 0 saturated carbocycles. The lowest BCUT2D eigenvalue weighted by Crippen LogP contribution is -2.25. The van der Waals surface area contributed by atoms with E-state index in [1.54, 1.807) is 30.5 Å². The zero-order chi connectivity index (χ0) is 24.4. The Morgan fingerprint density at radius 2 is 1.86 bits per heavy atom. The smallest absolute Gasteiger partial charge is 0.335 e. The third kappa shape index (κ3) is 4.67. The fourth-order valence-electron chi connectivity index (χ4n) is 3.92. The van der Waals surface area contributed by atoms with Crippen molar-refractivity contribution in [2.75, 3.05) is 11.9 Å².